The quantitative estimate of drug-likeness (QED) is 0.682. The van der Waals surface area contributed by atoms with Crippen molar-refractivity contribution in [2.45, 2.75) is 51.4 Å². The standard InChI is InChI=1S/C21H25F3N2O4/c1-4-5-10-26-17(27)14-15(18(26)28)20(11(2)3,19(29)30)25-16(14)12-6-8-13(9-7-12)21(22,23)24/h6-9,11,14-16,25H,4-5,10H2,1-3H3,(H,29,30). The fourth-order valence-electron chi connectivity index (χ4n) is 4.68. The summed E-state index contributed by atoms with van der Waals surface area (Å²) in [5.74, 6) is -4.89. The Kier molecular flexibility index (Phi) is 5.70. The zero-order valence-electron chi connectivity index (χ0n) is 17.0. The Morgan fingerprint density at radius 3 is 2.27 bits per heavy atom. The lowest BCUT2D eigenvalue weighted by Crippen LogP contribution is -2.59. The fourth-order valence-corrected chi connectivity index (χ4v) is 4.68. The van der Waals surface area contributed by atoms with Gasteiger partial charge in [0.25, 0.3) is 0 Å². The van der Waals surface area contributed by atoms with Gasteiger partial charge in [0.05, 0.1) is 17.4 Å². The van der Waals surface area contributed by atoms with E-state index < -0.39 is 58.9 Å². The summed E-state index contributed by atoms with van der Waals surface area (Å²) in [4.78, 5) is 39.8. The molecule has 4 atom stereocenters. The maximum atomic E-state index is 13.1. The number of carbonyl (C=O) groups excluding carboxylic acids is 2. The summed E-state index contributed by atoms with van der Waals surface area (Å²) in [6.07, 6.45) is -3.17. The van der Waals surface area contributed by atoms with Gasteiger partial charge in [-0.1, -0.05) is 39.3 Å². The number of carboxylic acids is 1. The molecule has 0 saturated carbocycles. The maximum absolute atomic E-state index is 13.1. The second-order valence-corrected chi connectivity index (χ2v) is 8.26. The lowest BCUT2D eigenvalue weighted by Gasteiger charge is -2.34. The third-order valence-electron chi connectivity index (χ3n) is 6.28. The van der Waals surface area contributed by atoms with Gasteiger partial charge in [-0.05, 0) is 30.0 Å². The number of rotatable bonds is 6. The molecule has 0 aromatic heterocycles. The first-order valence-corrected chi connectivity index (χ1v) is 10.00. The number of nitrogens with one attached hydrogen (secondary N) is 1. The van der Waals surface area contributed by atoms with Crippen molar-refractivity contribution in [2.24, 2.45) is 17.8 Å². The molecule has 0 spiro atoms. The van der Waals surface area contributed by atoms with E-state index >= 15 is 0 Å². The molecular weight excluding hydrogens is 401 g/mol. The van der Waals surface area contributed by atoms with E-state index in [1.165, 1.54) is 12.1 Å². The number of alkyl halides is 3. The van der Waals surface area contributed by atoms with Crippen molar-refractivity contribution < 1.29 is 32.7 Å². The van der Waals surface area contributed by atoms with Gasteiger partial charge >= 0.3 is 12.1 Å². The molecule has 2 aliphatic rings. The molecule has 2 N–H and O–H groups in total. The number of likely N-dealkylation sites (tertiary alicyclic amines) is 1. The number of carboxylic acid groups (broad SMARTS) is 1. The minimum absolute atomic E-state index is 0.203. The van der Waals surface area contributed by atoms with Crippen molar-refractivity contribution in [1.82, 2.24) is 10.2 Å². The van der Waals surface area contributed by atoms with Gasteiger partial charge in [-0.25, -0.2) is 0 Å². The van der Waals surface area contributed by atoms with Crippen molar-refractivity contribution >= 4 is 17.8 Å². The van der Waals surface area contributed by atoms with Gasteiger partial charge < -0.3 is 5.11 Å². The first-order chi connectivity index (χ1) is 14.0. The van der Waals surface area contributed by atoms with Crippen molar-refractivity contribution in [3.8, 4) is 0 Å². The molecule has 9 heteroatoms. The largest absolute Gasteiger partial charge is 0.480 e. The van der Waals surface area contributed by atoms with Gasteiger partial charge in [-0.2, -0.15) is 13.2 Å². The summed E-state index contributed by atoms with van der Waals surface area (Å²) in [6.45, 7) is 5.42. The number of unbranched alkanes of at least 4 members (excludes halogenated alkanes) is 1. The van der Waals surface area contributed by atoms with Crippen LogP contribution in [-0.4, -0.2) is 39.9 Å². The summed E-state index contributed by atoms with van der Waals surface area (Å²) < 4.78 is 38.8. The Balaban J connectivity index is 2.08. The van der Waals surface area contributed by atoms with Crippen LogP contribution in [-0.2, 0) is 20.6 Å². The highest BCUT2D eigenvalue weighted by atomic mass is 19.4. The van der Waals surface area contributed by atoms with Crippen molar-refractivity contribution in [3.05, 3.63) is 35.4 Å². The Bertz CT molecular complexity index is 853. The molecule has 1 aromatic carbocycles. The normalized spacial score (nSPS) is 29.0. The number of aliphatic carboxylic acids is 1. The monoisotopic (exact) mass is 426 g/mol. The van der Waals surface area contributed by atoms with Crippen LogP contribution in [0.15, 0.2) is 24.3 Å². The van der Waals surface area contributed by atoms with E-state index in [2.05, 4.69) is 5.32 Å². The smallest absolute Gasteiger partial charge is 0.416 e. The number of carbonyl (C=O) groups is 3. The van der Waals surface area contributed by atoms with Crippen molar-refractivity contribution in [1.29, 1.82) is 0 Å². The fraction of sp³-hybridized carbons (Fsp3) is 0.571. The van der Waals surface area contributed by atoms with E-state index in [9.17, 15) is 32.7 Å². The summed E-state index contributed by atoms with van der Waals surface area (Å²) >= 11 is 0. The number of halogens is 3. The molecule has 2 saturated heterocycles. The van der Waals surface area contributed by atoms with Gasteiger partial charge in [-0.15, -0.1) is 0 Å². The van der Waals surface area contributed by atoms with Crippen LogP contribution in [0.4, 0.5) is 13.2 Å². The third-order valence-corrected chi connectivity index (χ3v) is 6.28. The number of amides is 2. The zero-order valence-corrected chi connectivity index (χ0v) is 17.0. The number of imide groups is 1. The van der Waals surface area contributed by atoms with E-state index in [1.807, 2.05) is 6.92 Å². The van der Waals surface area contributed by atoms with E-state index in [4.69, 9.17) is 0 Å². The maximum Gasteiger partial charge on any atom is 0.416 e. The molecule has 30 heavy (non-hydrogen) atoms. The highest BCUT2D eigenvalue weighted by molar-refractivity contribution is 6.09. The average molecular weight is 426 g/mol. The van der Waals surface area contributed by atoms with Gasteiger partial charge in [0.2, 0.25) is 11.8 Å². The highest BCUT2D eigenvalue weighted by Crippen LogP contribution is 2.51. The van der Waals surface area contributed by atoms with Gasteiger partial charge in [0.15, 0.2) is 0 Å². The van der Waals surface area contributed by atoms with E-state index in [-0.39, 0.29) is 6.54 Å². The highest BCUT2D eigenvalue weighted by Gasteiger charge is 2.69. The number of benzene rings is 1. The summed E-state index contributed by atoms with van der Waals surface area (Å²) in [5.41, 5.74) is -2.18. The Morgan fingerprint density at radius 1 is 1.20 bits per heavy atom. The summed E-state index contributed by atoms with van der Waals surface area (Å²) in [7, 11) is 0. The molecule has 2 heterocycles. The molecule has 0 aliphatic carbocycles. The lowest BCUT2D eigenvalue weighted by atomic mass is 9.73. The van der Waals surface area contributed by atoms with Crippen LogP contribution in [0.5, 0.6) is 0 Å². The molecule has 4 unspecified atom stereocenters. The molecule has 2 amide bonds. The first-order valence-electron chi connectivity index (χ1n) is 10.00. The number of hydrogen-bond donors (Lipinski definition) is 2. The molecule has 1 aromatic rings. The predicted molar refractivity (Wildman–Crippen MR) is 101 cm³/mol. The van der Waals surface area contributed by atoms with Crippen LogP contribution >= 0.6 is 0 Å². The number of nitrogens with zero attached hydrogens (tertiary/aromatic N) is 1. The minimum atomic E-state index is -4.51. The SMILES string of the molecule is CCCCN1C(=O)C2C(c3ccc(C(F)(F)F)cc3)NC(C(=O)O)(C(C)C)C2C1=O. The molecule has 3 rings (SSSR count). The van der Waals surface area contributed by atoms with E-state index in [1.54, 1.807) is 13.8 Å². The summed E-state index contributed by atoms with van der Waals surface area (Å²) in [5, 5.41) is 13.0. The molecule has 0 bridgehead atoms. The number of fused-ring (bicyclic) bond motifs is 1. The van der Waals surface area contributed by atoms with E-state index in [0.717, 1.165) is 23.5 Å². The van der Waals surface area contributed by atoms with Crippen molar-refractivity contribution in [2.75, 3.05) is 6.54 Å². The zero-order chi connectivity index (χ0) is 22.4. The van der Waals surface area contributed by atoms with Gasteiger partial charge in [0.1, 0.15) is 5.54 Å². The third kappa shape index (κ3) is 3.29. The van der Waals surface area contributed by atoms with Crippen LogP contribution in [0.1, 0.15) is 50.8 Å². The lowest BCUT2D eigenvalue weighted by molar-refractivity contribution is -0.153. The minimum Gasteiger partial charge on any atom is -0.480 e. The van der Waals surface area contributed by atoms with E-state index in [0.29, 0.717) is 12.0 Å². The van der Waals surface area contributed by atoms with Crippen molar-refractivity contribution in [3.63, 3.8) is 0 Å². The Hall–Kier alpha value is -2.42. The molecule has 164 valence electrons. The Labute approximate surface area is 172 Å². The van der Waals surface area contributed by atoms with Gasteiger partial charge in [-0.3, -0.25) is 24.6 Å². The Morgan fingerprint density at radius 2 is 1.80 bits per heavy atom. The molecule has 6 nitrogen and oxygen atoms in total. The van der Waals surface area contributed by atoms with Crippen LogP contribution in [0.25, 0.3) is 0 Å². The van der Waals surface area contributed by atoms with Crippen LogP contribution in [0, 0.1) is 17.8 Å². The number of hydrogen-bond acceptors (Lipinski definition) is 4. The second kappa shape index (κ2) is 7.68. The second-order valence-electron chi connectivity index (χ2n) is 8.26. The summed E-state index contributed by atoms with van der Waals surface area (Å²) in [6, 6.07) is 3.40. The molecule has 0 radical (unpaired) electrons. The topological polar surface area (TPSA) is 86.7 Å². The average Bonchev–Trinajstić information content (AvgIpc) is 3.15. The molecular formula is C21H25F3N2O4. The van der Waals surface area contributed by atoms with Crippen LogP contribution < -0.4 is 5.32 Å². The van der Waals surface area contributed by atoms with Crippen LogP contribution in [0.2, 0.25) is 0 Å². The molecule has 2 fully saturated rings. The first kappa shape index (κ1) is 22.3. The molecule has 2 aliphatic heterocycles. The van der Waals surface area contributed by atoms with Crippen LogP contribution in [0.3, 0.4) is 0 Å². The predicted octanol–water partition coefficient (Wildman–Crippen LogP) is 3.23. The van der Waals surface area contributed by atoms with Gasteiger partial charge in [0, 0.05) is 12.6 Å².